The normalized spacial score (nSPS) is 13.8. The smallest absolute Gasteiger partial charge is 0.260 e. The summed E-state index contributed by atoms with van der Waals surface area (Å²) in [5.74, 6) is 0.342. The third kappa shape index (κ3) is 6.41. The highest BCUT2D eigenvalue weighted by atomic mass is 16.6. The minimum Gasteiger partial charge on any atom is -0.469 e. The lowest BCUT2D eigenvalue weighted by Gasteiger charge is -2.28. The number of rotatable bonds is 9. The Bertz CT molecular complexity index is 1180. The summed E-state index contributed by atoms with van der Waals surface area (Å²) in [6.07, 6.45) is 4.89. The van der Waals surface area contributed by atoms with Gasteiger partial charge in [0.1, 0.15) is 6.61 Å². The molecule has 0 unspecified atom stereocenters. The highest BCUT2D eigenvalue weighted by Gasteiger charge is 2.20. The third-order valence-electron chi connectivity index (χ3n) is 6.22. The number of amides is 2. The van der Waals surface area contributed by atoms with Crippen LogP contribution in [-0.4, -0.2) is 65.7 Å². The summed E-state index contributed by atoms with van der Waals surface area (Å²) in [5.41, 5.74) is 2.93. The molecule has 0 saturated carbocycles. The van der Waals surface area contributed by atoms with Crippen molar-refractivity contribution < 1.29 is 19.2 Å². The summed E-state index contributed by atoms with van der Waals surface area (Å²) < 4.78 is 7.70. The molecule has 0 bridgehead atoms. The monoisotopic (exact) mass is 476 g/mol. The molecule has 8 nitrogen and oxygen atoms in total. The molecule has 0 atom stereocenters. The van der Waals surface area contributed by atoms with Gasteiger partial charge in [0, 0.05) is 38.6 Å². The Kier molecular flexibility index (Phi) is 8.03. The van der Waals surface area contributed by atoms with Crippen LogP contribution in [-0.2, 0) is 28.1 Å². The predicted octanol–water partition coefficient (Wildman–Crippen LogP) is 3.58. The van der Waals surface area contributed by atoms with Crippen molar-refractivity contribution in [1.82, 2.24) is 14.4 Å². The van der Waals surface area contributed by atoms with Crippen molar-refractivity contribution in [2.24, 2.45) is 12.2 Å². The summed E-state index contributed by atoms with van der Waals surface area (Å²) in [7, 11) is 3.53. The van der Waals surface area contributed by atoms with Gasteiger partial charge in [-0.05, 0) is 42.5 Å². The minimum atomic E-state index is -0.232. The van der Waals surface area contributed by atoms with E-state index in [1.165, 1.54) is 4.90 Å². The predicted molar refractivity (Wildman–Crippen MR) is 135 cm³/mol. The molecule has 3 aromatic rings. The topological polar surface area (TPSA) is 76.4 Å². The Balaban J connectivity index is 1.31. The zero-order valence-electron chi connectivity index (χ0n) is 20.4. The van der Waals surface area contributed by atoms with Crippen LogP contribution in [0.1, 0.15) is 30.4 Å². The first-order valence-electron chi connectivity index (χ1n) is 11.9. The van der Waals surface area contributed by atoms with Crippen LogP contribution in [0.25, 0.3) is 10.9 Å². The number of hydrogen-bond acceptors (Lipinski definition) is 5. The number of carbonyl (C=O) groups excluding carboxylic acids is 2. The summed E-state index contributed by atoms with van der Waals surface area (Å²) in [5, 5.41) is 5.03. The van der Waals surface area contributed by atoms with Crippen LogP contribution < -0.4 is 4.74 Å². The van der Waals surface area contributed by atoms with E-state index >= 15 is 0 Å². The molecule has 0 radical (unpaired) electrons. The average molecular weight is 477 g/mol. The van der Waals surface area contributed by atoms with Crippen molar-refractivity contribution in [3.05, 3.63) is 65.7 Å². The van der Waals surface area contributed by atoms with E-state index in [4.69, 9.17) is 9.57 Å². The number of nitrogens with zero attached hydrogens (tertiary/aromatic N) is 4. The number of fused-ring (bicyclic) bond motifs is 1. The number of benzene rings is 2. The molecule has 0 N–H and O–H groups in total. The first kappa shape index (κ1) is 24.3. The standard InChI is InChI=1S/C27H32N4O4/c1-29(18-25(32)31-13-7-4-8-14-31)26(33)20-34-27-16-23-15-22(11-12-24(23)30(27)2)17-28-35-19-21-9-5-3-6-10-21/h3,5-6,9-12,15-17H,4,7-8,13-14,18-20H2,1-2H3/b28-17+. The van der Waals surface area contributed by atoms with Crippen molar-refractivity contribution in [1.29, 1.82) is 0 Å². The summed E-state index contributed by atoms with van der Waals surface area (Å²) in [4.78, 5) is 33.6. The highest BCUT2D eigenvalue weighted by Crippen LogP contribution is 2.25. The van der Waals surface area contributed by atoms with Crippen LogP contribution in [0.15, 0.2) is 59.8 Å². The molecule has 35 heavy (non-hydrogen) atoms. The largest absolute Gasteiger partial charge is 0.469 e. The van der Waals surface area contributed by atoms with Crippen molar-refractivity contribution in [3.63, 3.8) is 0 Å². The van der Waals surface area contributed by atoms with Crippen LogP contribution in [0.3, 0.4) is 0 Å². The molecular formula is C27H32N4O4. The number of likely N-dealkylation sites (N-methyl/N-ethyl adjacent to an activating group) is 1. The molecule has 1 aromatic heterocycles. The number of piperidine rings is 1. The number of carbonyl (C=O) groups is 2. The second kappa shape index (κ2) is 11.6. The molecule has 2 amide bonds. The molecule has 184 valence electrons. The van der Waals surface area contributed by atoms with Gasteiger partial charge in [-0.3, -0.25) is 9.59 Å². The lowest BCUT2D eigenvalue weighted by molar-refractivity contribution is -0.141. The van der Waals surface area contributed by atoms with E-state index < -0.39 is 0 Å². The van der Waals surface area contributed by atoms with E-state index in [-0.39, 0.29) is 25.0 Å². The van der Waals surface area contributed by atoms with Gasteiger partial charge in [-0.2, -0.15) is 0 Å². The number of oxime groups is 1. The van der Waals surface area contributed by atoms with Crippen LogP contribution in [0, 0.1) is 0 Å². The second-order valence-electron chi connectivity index (χ2n) is 8.83. The number of likely N-dealkylation sites (tertiary alicyclic amines) is 1. The maximum Gasteiger partial charge on any atom is 0.260 e. The van der Waals surface area contributed by atoms with Gasteiger partial charge in [-0.1, -0.05) is 41.6 Å². The van der Waals surface area contributed by atoms with Crippen LogP contribution in [0.5, 0.6) is 5.88 Å². The fraction of sp³-hybridized carbons (Fsp3) is 0.370. The Morgan fingerprint density at radius 1 is 1.06 bits per heavy atom. The molecule has 4 rings (SSSR count). The fourth-order valence-corrected chi connectivity index (χ4v) is 4.13. The van der Waals surface area contributed by atoms with E-state index in [1.807, 2.05) is 71.1 Å². The number of hydrogen-bond donors (Lipinski definition) is 0. The van der Waals surface area contributed by atoms with Gasteiger partial charge in [0.05, 0.1) is 18.3 Å². The van der Waals surface area contributed by atoms with E-state index in [0.29, 0.717) is 12.5 Å². The van der Waals surface area contributed by atoms with E-state index in [2.05, 4.69) is 5.16 Å². The molecule has 8 heteroatoms. The fourth-order valence-electron chi connectivity index (χ4n) is 4.13. The van der Waals surface area contributed by atoms with Gasteiger partial charge in [-0.15, -0.1) is 0 Å². The van der Waals surface area contributed by atoms with Gasteiger partial charge in [0.2, 0.25) is 5.91 Å². The Morgan fingerprint density at radius 2 is 1.83 bits per heavy atom. The number of aryl methyl sites for hydroxylation is 1. The second-order valence-corrected chi connectivity index (χ2v) is 8.83. The van der Waals surface area contributed by atoms with Crippen LogP contribution >= 0.6 is 0 Å². The highest BCUT2D eigenvalue weighted by molar-refractivity contribution is 5.90. The van der Waals surface area contributed by atoms with Gasteiger partial charge < -0.3 is 23.9 Å². The quantitative estimate of drug-likeness (QED) is 0.349. The lowest BCUT2D eigenvalue weighted by atomic mass is 10.1. The van der Waals surface area contributed by atoms with Gasteiger partial charge in [0.15, 0.2) is 12.5 Å². The Hall–Kier alpha value is -3.81. The van der Waals surface area contributed by atoms with Gasteiger partial charge in [-0.25, -0.2) is 0 Å². The first-order valence-corrected chi connectivity index (χ1v) is 11.9. The van der Waals surface area contributed by atoms with Crippen molar-refractivity contribution >= 4 is 28.9 Å². The number of aromatic nitrogens is 1. The minimum absolute atomic E-state index is 0.00732. The molecule has 2 heterocycles. The molecular weight excluding hydrogens is 444 g/mol. The van der Waals surface area contributed by atoms with Crippen molar-refractivity contribution in [2.45, 2.75) is 25.9 Å². The molecule has 1 fully saturated rings. The molecule has 1 aliphatic rings. The average Bonchev–Trinajstić information content (AvgIpc) is 3.20. The Labute approximate surface area is 205 Å². The molecule has 2 aromatic carbocycles. The van der Waals surface area contributed by atoms with Crippen LogP contribution in [0.4, 0.5) is 0 Å². The number of ether oxygens (including phenoxy) is 1. The lowest BCUT2D eigenvalue weighted by Crippen LogP contribution is -2.44. The summed E-state index contributed by atoms with van der Waals surface area (Å²) in [6.45, 7) is 1.91. The van der Waals surface area contributed by atoms with E-state index in [1.54, 1.807) is 13.3 Å². The van der Waals surface area contributed by atoms with E-state index in [0.717, 1.165) is 54.4 Å². The molecule has 0 spiro atoms. The molecule has 1 aliphatic heterocycles. The third-order valence-corrected chi connectivity index (χ3v) is 6.22. The SMILES string of the molecule is CN(CC(=O)N1CCCCC1)C(=O)COc1cc2cc(/C=N/OCc3ccccc3)ccc2n1C. The maximum absolute atomic E-state index is 12.6. The molecule has 1 saturated heterocycles. The van der Waals surface area contributed by atoms with E-state index in [9.17, 15) is 9.59 Å². The summed E-state index contributed by atoms with van der Waals surface area (Å²) >= 11 is 0. The zero-order valence-corrected chi connectivity index (χ0v) is 20.4. The zero-order chi connectivity index (χ0) is 24.6. The summed E-state index contributed by atoms with van der Waals surface area (Å²) in [6, 6.07) is 17.7. The van der Waals surface area contributed by atoms with Gasteiger partial charge in [0.25, 0.3) is 5.91 Å². The Morgan fingerprint density at radius 3 is 2.60 bits per heavy atom. The molecule has 0 aliphatic carbocycles. The maximum atomic E-state index is 12.6. The first-order chi connectivity index (χ1) is 17.0. The van der Waals surface area contributed by atoms with Crippen molar-refractivity contribution in [2.75, 3.05) is 33.3 Å². The van der Waals surface area contributed by atoms with Crippen molar-refractivity contribution in [3.8, 4) is 5.88 Å². The van der Waals surface area contributed by atoms with Gasteiger partial charge >= 0.3 is 0 Å². The van der Waals surface area contributed by atoms with Crippen LogP contribution in [0.2, 0.25) is 0 Å².